The first kappa shape index (κ1) is 25.4. The fourth-order valence-corrected chi connectivity index (χ4v) is 4.79. The van der Waals surface area contributed by atoms with E-state index in [0.717, 1.165) is 31.9 Å². The van der Waals surface area contributed by atoms with Crippen LogP contribution < -0.4 is 15.8 Å². The molecule has 0 amide bonds. The molecule has 6 rings (SSSR count). The third-order valence-electron chi connectivity index (χ3n) is 6.90. The molecule has 1 saturated heterocycles. The highest BCUT2D eigenvalue weighted by Gasteiger charge is 2.19. The van der Waals surface area contributed by atoms with Crippen molar-refractivity contribution in [2.24, 2.45) is 0 Å². The predicted molar refractivity (Wildman–Crippen MR) is 154 cm³/mol. The van der Waals surface area contributed by atoms with E-state index < -0.39 is 5.95 Å². The fraction of sp³-hybridized carbons (Fsp3) is 0.207. The van der Waals surface area contributed by atoms with Crippen LogP contribution >= 0.6 is 0 Å². The number of allylic oxidation sites excluding steroid dienone is 1. The lowest BCUT2D eigenvalue weighted by molar-refractivity contribution is 0.313. The molecule has 0 spiro atoms. The summed E-state index contributed by atoms with van der Waals surface area (Å²) in [6.07, 6.45) is 3.14. The van der Waals surface area contributed by atoms with E-state index in [1.54, 1.807) is 41.1 Å². The zero-order valence-electron chi connectivity index (χ0n) is 22.0. The van der Waals surface area contributed by atoms with Crippen LogP contribution in [0, 0.1) is 5.95 Å². The summed E-state index contributed by atoms with van der Waals surface area (Å²) in [6, 6.07) is 18.0. The second kappa shape index (κ2) is 10.7. The molecular formula is C29H28FN9O. The largest absolute Gasteiger partial charge is 0.369 e. The van der Waals surface area contributed by atoms with Crippen LogP contribution in [0.5, 0.6) is 0 Å². The Labute approximate surface area is 230 Å². The number of anilines is 3. The van der Waals surface area contributed by atoms with E-state index in [0.29, 0.717) is 34.2 Å². The minimum atomic E-state index is -0.597. The van der Waals surface area contributed by atoms with E-state index >= 15 is 0 Å². The molecular weight excluding hydrogens is 509 g/mol. The SMILES string of the molecule is C=CCn1c(=O)c2cnc(Nc3ccc(N4CCN(C)CC4)cc3)nc2n1-c1cccc(-c2cccc(F)n2)n1. The molecule has 1 fully saturated rings. The van der Waals surface area contributed by atoms with Crippen molar-refractivity contribution in [1.82, 2.24) is 34.2 Å². The topological polar surface area (TPSA) is 97.0 Å². The van der Waals surface area contributed by atoms with Gasteiger partial charge in [0.05, 0.1) is 17.9 Å². The number of hydrogen-bond donors (Lipinski definition) is 1. The van der Waals surface area contributed by atoms with Gasteiger partial charge in [-0.2, -0.15) is 9.37 Å². The lowest BCUT2D eigenvalue weighted by atomic mass is 10.2. The Hall–Kier alpha value is -4.90. The fourth-order valence-electron chi connectivity index (χ4n) is 4.79. The Morgan fingerprint density at radius 3 is 2.40 bits per heavy atom. The van der Waals surface area contributed by atoms with Crippen molar-refractivity contribution in [3.05, 3.63) is 95.8 Å². The van der Waals surface area contributed by atoms with Gasteiger partial charge < -0.3 is 15.1 Å². The van der Waals surface area contributed by atoms with Gasteiger partial charge in [0, 0.05) is 43.8 Å². The zero-order valence-corrected chi connectivity index (χ0v) is 22.0. The Balaban J connectivity index is 1.35. The van der Waals surface area contributed by atoms with E-state index in [2.05, 4.69) is 55.8 Å². The minimum absolute atomic E-state index is 0.232. The quantitative estimate of drug-likeness (QED) is 0.247. The van der Waals surface area contributed by atoms with Crippen molar-refractivity contribution in [1.29, 1.82) is 0 Å². The molecule has 4 aromatic heterocycles. The summed E-state index contributed by atoms with van der Waals surface area (Å²) in [5.41, 5.74) is 2.96. The van der Waals surface area contributed by atoms with Gasteiger partial charge in [0.15, 0.2) is 11.5 Å². The standard InChI is InChI=1S/C29H28FN9O/c1-3-14-38-28(40)22-19-31-29(32-20-10-12-21(13-11-20)37-17-15-36(2)16-18-37)35-27(22)39(38)26-9-5-7-24(34-26)23-6-4-8-25(30)33-23/h3-13,19H,1,14-18H2,2H3,(H,31,32,35). The average molecular weight is 538 g/mol. The number of nitrogens with zero attached hydrogens (tertiary/aromatic N) is 8. The molecule has 0 saturated carbocycles. The van der Waals surface area contributed by atoms with E-state index in [1.165, 1.54) is 22.6 Å². The highest BCUT2D eigenvalue weighted by molar-refractivity contribution is 5.77. The summed E-state index contributed by atoms with van der Waals surface area (Å²) in [7, 11) is 2.14. The molecule has 5 heterocycles. The number of aromatic nitrogens is 6. The molecule has 1 N–H and O–H groups in total. The van der Waals surface area contributed by atoms with Gasteiger partial charge in [-0.3, -0.25) is 4.79 Å². The maximum atomic E-state index is 13.8. The Morgan fingerprint density at radius 1 is 0.950 bits per heavy atom. The van der Waals surface area contributed by atoms with Crippen LogP contribution in [0.2, 0.25) is 0 Å². The molecule has 40 heavy (non-hydrogen) atoms. The summed E-state index contributed by atoms with van der Waals surface area (Å²) in [5, 5.41) is 3.59. The van der Waals surface area contributed by atoms with Crippen molar-refractivity contribution in [3.63, 3.8) is 0 Å². The number of fused-ring (bicyclic) bond motifs is 1. The first-order chi connectivity index (χ1) is 19.5. The number of pyridine rings is 2. The molecule has 1 aliphatic rings. The average Bonchev–Trinajstić information content (AvgIpc) is 3.24. The number of rotatable bonds is 7. The third kappa shape index (κ3) is 4.94. The number of nitrogens with one attached hydrogen (secondary N) is 1. The lowest BCUT2D eigenvalue weighted by Gasteiger charge is -2.34. The Bertz CT molecular complexity index is 1740. The first-order valence-corrected chi connectivity index (χ1v) is 13.0. The van der Waals surface area contributed by atoms with Gasteiger partial charge >= 0.3 is 0 Å². The lowest BCUT2D eigenvalue weighted by Crippen LogP contribution is -2.44. The Kier molecular flexibility index (Phi) is 6.79. The predicted octanol–water partition coefficient (Wildman–Crippen LogP) is 3.86. The van der Waals surface area contributed by atoms with E-state index in [1.807, 2.05) is 12.1 Å². The Morgan fingerprint density at radius 2 is 1.68 bits per heavy atom. The molecule has 11 heteroatoms. The molecule has 0 atom stereocenters. The summed E-state index contributed by atoms with van der Waals surface area (Å²) < 4.78 is 16.9. The van der Waals surface area contributed by atoms with Crippen LogP contribution in [-0.2, 0) is 6.54 Å². The molecule has 5 aromatic rings. The van der Waals surface area contributed by atoms with Gasteiger partial charge in [-0.25, -0.2) is 24.3 Å². The number of benzene rings is 1. The van der Waals surface area contributed by atoms with Crippen LogP contribution in [-0.4, -0.2) is 67.4 Å². The van der Waals surface area contributed by atoms with Crippen molar-refractivity contribution in [2.75, 3.05) is 43.4 Å². The van der Waals surface area contributed by atoms with E-state index in [4.69, 9.17) is 4.98 Å². The molecule has 0 radical (unpaired) electrons. The molecule has 1 aromatic carbocycles. The molecule has 202 valence electrons. The monoisotopic (exact) mass is 537 g/mol. The highest BCUT2D eigenvalue weighted by Crippen LogP contribution is 2.23. The van der Waals surface area contributed by atoms with Gasteiger partial charge in [0.2, 0.25) is 11.9 Å². The normalized spacial score (nSPS) is 14.0. The van der Waals surface area contributed by atoms with Crippen LogP contribution in [0.4, 0.5) is 21.7 Å². The van der Waals surface area contributed by atoms with Gasteiger partial charge in [0.1, 0.15) is 5.39 Å². The maximum Gasteiger partial charge on any atom is 0.278 e. The van der Waals surface area contributed by atoms with E-state index in [-0.39, 0.29) is 12.1 Å². The van der Waals surface area contributed by atoms with Gasteiger partial charge in [-0.15, -0.1) is 6.58 Å². The summed E-state index contributed by atoms with van der Waals surface area (Å²) in [5.74, 6) is 0.172. The van der Waals surface area contributed by atoms with Gasteiger partial charge in [0.25, 0.3) is 5.56 Å². The molecule has 0 unspecified atom stereocenters. The smallest absolute Gasteiger partial charge is 0.278 e. The number of likely N-dealkylation sites (N-methyl/N-ethyl adjacent to an activating group) is 1. The summed E-state index contributed by atoms with van der Waals surface area (Å²) >= 11 is 0. The third-order valence-corrected chi connectivity index (χ3v) is 6.90. The molecule has 0 bridgehead atoms. The van der Waals surface area contributed by atoms with Crippen LogP contribution in [0.3, 0.4) is 0 Å². The second-order valence-electron chi connectivity index (χ2n) is 9.61. The molecule has 10 nitrogen and oxygen atoms in total. The zero-order chi connectivity index (χ0) is 27.6. The first-order valence-electron chi connectivity index (χ1n) is 13.0. The van der Waals surface area contributed by atoms with Crippen LogP contribution in [0.25, 0.3) is 28.2 Å². The summed E-state index contributed by atoms with van der Waals surface area (Å²) in [6.45, 7) is 8.09. The van der Waals surface area contributed by atoms with Crippen molar-refractivity contribution in [2.45, 2.75) is 6.54 Å². The van der Waals surface area contributed by atoms with Crippen molar-refractivity contribution in [3.8, 4) is 17.2 Å². The van der Waals surface area contributed by atoms with E-state index in [9.17, 15) is 9.18 Å². The highest BCUT2D eigenvalue weighted by atomic mass is 19.1. The number of halogens is 1. The summed E-state index contributed by atoms with van der Waals surface area (Å²) in [4.78, 5) is 35.7. The van der Waals surface area contributed by atoms with Crippen molar-refractivity contribution < 1.29 is 4.39 Å². The number of piperazine rings is 1. The molecule has 1 aliphatic heterocycles. The van der Waals surface area contributed by atoms with Crippen LogP contribution in [0.15, 0.2) is 84.3 Å². The van der Waals surface area contributed by atoms with Gasteiger partial charge in [-0.05, 0) is 55.6 Å². The second-order valence-corrected chi connectivity index (χ2v) is 9.61. The molecule has 0 aliphatic carbocycles. The minimum Gasteiger partial charge on any atom is -0.369 e. The number of hydrogen-bond acceptors (Lipinski definition) is 8. The van der Waals surface area contributed by atoms with Gasteiger partial charge in [-0.1, -0.05) is 18.2 Å². The van der Waals surface area contributed by atoms with Crippen LogP contribution in [0.1, 0.15) is 0 Å². The van der Waals surface area contributed by atoms with Crippen molar-refractivity contribution >= 4 is 28.4 Å². The maximum absolute atomic E-state index is 13.8.